The standard InChI is InChI=1S/C19H23N/c1-14-6-9-17(10-7-14)19(20-2)13-15-8-11-16-4-3-5-18(16)12-15/h6-12,19-20H,3-5,13H2,1-2H3. The van der Waals surface area contributed by atoms with Crippen LogP contribution in [0.5, 0.6) is 0 Å². The Kier molecular flexibility index (Phi) is 3.88. The van der Waals surface area contributed by atoms with E-state index < -0.39 is 0 Å². The molecule has 0 heterocycles. The van der Waals surface area contributed by atoms with Crippen molar-refractivity contribution in [3.8, 4) is 0 Å². The van der Waals surface area contributed by atoms with Gasteiger partial charge in [0.1, 0.15) is 0 Å². The fourth-order valence-corrected chi connectivity index (χ4v) is 3.17. The lowest BCUT2D eigenvalue weighted by atomic mass is 9.96. The summed E-state index contributed by atoms with van der Waals surface area (Å²) in [6.45, 7) is 2.14. The minimum atomic E-state index is 0.398. The Balaban J connectivity index is 1.79. The molecule has 1 heteroatoms. The summed E-state index contributed by atoms with van der Waals surface area (Å²) in [6, 6.07) is 16.3. The zero-order valence-electron chi connectivity index (χ0n) is 12.4. The van der Waals surface area contributed by atoms with Crippen molar-refractivity contribution >= 4 is 0 Å². The Morgan fingerprint density at radius 1 is 1.00 bits per heavy atom. The molecule has 20 heavy (non-hydrogen) atoms. The molecule has 0 radical (unpaired) electrons. The molecule has 1 aliphatic rings. The number of likely N-dealkylation sites (N-methyl/N-ethyl adjacent to an activating group) is 1. The highest BCUT2D eigenvalue weighted by molar-refractivity contribution is 5.36. The predicted molar refractivity (Wildman–Crippen MR) is 85.2 cm³/mol. The molecule has 0 saturated heterocycles. The molecule has 0 fully saturated rings. The summed E-state index contributed by atoms with van der Waals surface area (Å²) >= 11 is 0. The van der Waals surface area contributed by atoms with Crippen molar-refractivity contribution < 1.29 is 0 Å². The third-order valence-corrected chi connectivity index (χ3v) is 4.43. The Morgan fingerprint density at radius 3 is 2.50 bits per heavy atom. The van der Waals surface area contributed by atoms with Gasteiger partial charge in [-0.25, -0.2) is 0 Å². The van der Waals surface area contributed by atoms with Gasteiger partial charge in [0.15, 0.2) is 0 Å². The van der Waals surface area contributed by atoms with Crippen LogP contribution in [0.1, 0.15) is 40.3 Å². The lowest BCUT2D eigenvalue weighted by Crippen LogP contribution is -2.18. The van der Waals surface area contributed by atoms with Crippen molar-refractivity contribution in [3.63, 3.8) is 0 Å². The lowest BCUT2D eigenvalue weighted by Gasteiger charge is -2.17. The number of rotatable bonds is 4. The van der Waals surface area contributed by atoms with Crippen molar-refractivity contribution in [1.82, 2.24) is 5.32 Å². The summed E-state index contributed by atoms with van der Waals surface area (Å²) in [7, 11) is 2.05. The maximum Gasteiger partial charge on any atom is 0.0358 e. The van der Waals surface area contributed by atoms with Crippen LogP contribution in [0.4, 0.5) is 0 Å². The SMILES string of the molecule is CNC(Cc1ccc2c(c1)CCC2)c1ccc(C)cc1. The lowest BCUT2D eigenvalue weighted by molar-refractivity contribution is 0.591. The number of aryl methyl sites for hydroxylation is 3. The molecule has 2 aromatic carbocycles. The van der Waals surface area contributed by atoms with Crippen molar-refractivity contribution in [2.45, 2.75) is 38.6 Å². The molecule has 0 aromatic heterocycles. The smallest absolute Gasteiger partial charge is 0.0358 e. The molecular weight excluding hydrogens is 242 g/mol. The second-order valence-electron chi connectivity index (χ2n) is 5.91. The van der Waals surface area contributed by atoms with E-state index in [-0.39, 0.29) is 0 Å². The van der Waals surface area contributed by atoms with Crippen LogP contribution in [-0.4, -0.2) is 7.05 Å². The first-order valence-corrected chi connectivity index (χ1v) is 7.61. The van der Waals surface area contributed by atoms with E-state index >= 15 is 0 Å². The van der Waals surface area contributed by atoms with Crippen LogP contribution in [0.15, 0.2) is 42.5 Å². The van der Waals surface area contributed by atoms with E-state index in [1.54, 1.807) is 11.1 Å². The maximum absolute atomic E-state index is 3.45. The topological polar surface area (TPSA) is 12.0 Å². The van der Waals surface area contributed by atoms with Gasteiger partial charge in [-0.1, -0.05) is 48.0 Å². The molecule has 1 N–H and O–H groups in total. The normalized spacial score (nSPS) is 15.1. The van der Waals surface area contributed by atoms with Crippen molar-refractivity contribution in [3.05, 3.63) is 70.3 Å². The largest absolute Gasteiger partial charge is 0.313 e. The number of hydrogen-bond acceptors (Lipinski definition) is 1. The van der Waals surface area contributed by atoms with E-state index in [4.69, 9.17) is 0 Å². The minimum Gasteiger partial charge on any atom is -0.313 e. The zero-order valence-corrected chi connectivity index (χ0v) is 12.4. The molecule has 0 saturated carbocycles. The van der Waals surface area contributed by atoms with Crippen molar-refractivity contribution in [2.75, 3.05) is 7.05 Å². The van der Waals surface area contributed by atoms with Gasteiger partial charge < -0.3 is 5.32 Å². The monoisotopic (exact) mass is 265 g/mol. The first kappa shape index (κ1) is 13.4. The van der Waals surface area contributed by atoms with Crippen LogP contribution >= 0.6 is 0 Å². The van der Waals surface area contributed by atoms with Crippen LogP contribution in [-0.2, 0) is 19.3 Å². The van der Waals surface area contributed by atoms with Gasteiger partial charge in [-0.15, -0.1) is 0 Å². The van der Waals surface area contributed by atoms with Crippen LogP contribution in [0, 0.1) is 6.92 Å². The average Bonchev–Trinajstić information content (AvgIpc) is 2.93. The zero-order chi connectivity index (χ0) is 13.9. The first-order chi connectivity index (χ1) is 9.76. The Bertz CT molecular complexity index is 583. The molecule has 104 valence electrons. The van der Waals surface area contributed by atoms with Crippen LogP contribution in [0.3, 0.4) is 0 Å². The fraction of sp³-hybridized carbons (Fsp3) is 0.368. The van der Waals surface area contributed by atoms with Gasteiger partial charge in [-0.2, -0.15) is 0 Å². The number of hydrogen-bond donors (Lipinski definition) is 1. The third-order valence-electron chi connectivity index (χ3n) is 4.43. The summed E-state index contributed by atoms with van der Waals surface area (Å²) in [4.78, 5) is 0. The molecule has 1 atom stereocenters. The van der Waals surface area contributed by atoms with Gasteiger partial charge in [-0.05, 0) is 61.9 Å². The second-order valence-corrected chi connectivity index (χ2v) is 5.91. The van der Waals surface area contributed by atoms with E-state index in [0.717, 1.165) is 6.42 Å². The fourth-order valence-electron chi connectivity index (χ4n) is 3.17. The van der Waals surface area contributed by atoms with Gasteiger partial charge in [0.05, 0.1) is 0 Å². The van der Waals surface area contributed by atoms with Crippen LogP contribution < -0.4 is 5.32 Å². The van der Waals surface area contributed by atoms with Crippen molar-refractivity contribution in [1.29, 1.82) is 0 Å². The molecule has 0 spiro atoms. The van der Waals surface area contributed by atoms with E-state index in [1.807, 2.05) is 0 Å². The van der Waals surface area contributed by atoms with Gasteiger partial charge in [0.25, 0.3) is 0 Å². The second kappa shape index (κ2) is 5.80. The summed E-state index contributed by atoms with van der Waals surface area (Å²) in [5, 5.41) is 3.45. The highest BCUT2D eigenvalue weighted by Gasteiger charge is 2.14. The van der Waals surface area contributed by atoms with Crippen LogP contribution in [0.2, 0.25) is 0 Å². The predicted octanol–water partition coefficient (Wildman–Crippen LogP) is 3.99. The molecule has 0 amide bonds. The summed E-state index contributed by atoms with van der Waals surface area (Å²) in [5.41, 5.74) is 7.27. The average molecular weight is 265 g/mol. The van der Waals surface area contributed by atoms with Crippen LogP contribution in [0.25, 0.3) is 0 Å². The molecule has 1 unspecified atom stereocenters. The van der Waals surface area contributed by atoms with Gasteiger partial charge in [0, 0.05) is 6.04 Å². The number of benzene rings is 2. The quantitative estimate of drug-likeness (QED) is 0.881. The summed E-state index contributed by atoms with van der Waals surface area (Å²) < 4.78 is 0. The molecule has 1 nitrogen and oxygen atoms in total. The van der Waals surface area contributed by atoms with Gasteiger partial charge in [-0.3, -0.25) is 0 Å². The molecule has 0 aliphatic heterocycles. The molecule has 3 rings (SSSR count). The maximum atomic E-state index is 3.45. The minimum absolute atomic E-state index is 0.398. The highest BCUT2D eigenvalue weighted by atomic mass is 14.9. The number of nitrogens with one attached hydrogen (secondary N) is 1. The van der Waals surface area contributed by atoms with Gasteiger partial charge in [0.2, 0.25) is 0 Å². The molecule has 1 aliphatic carbocycles. The molecule has 0 bridgehead atoms. The Hall–Kier alpha value is -1.60. The van der Waals surface area contributed by atoms with E-state index in [0.29, 0.717) is 6.04 Å². The summed E-state index contributed by atoms with van der Waals surface area (Å²) in [5.74, 6) is 0. The third kappa shape index (κ3) is 2.78. The van der Waals surface area contributed by atoms with E-state index in [2.05, 4.69) is 61.8 Å². The van der Waals surface area contributed by atoms with Crippen molar-refractivity contribution in [2.24, 2.45) is 0 Å². The van der Waals surface area contributed by atoms with E-state index in [9.17, 15) is 0 Å². The highest BCUT2D eigenvalue weighted by Crippen LogP contribution is 2.25. The van der Waals surface area contributed by atoms with Gasteiger partial charge >= 0.3 is 0 Å². The first-order valence-electron chi connectivity index (χ1n) is 7.61. The molecular formula is C19H23N. The van der Waals surface area contributed by atoms with E-state index in [1.165, 1.54) is 36.0 Å². The Morgan fingerprint density at radius 2 is 1.75 bits per heavy atom. The number of fused-ring (bicyclic) bond motifs is 1. The summed E-state index contributed by atoms with van der Waals surface area (Å²) in [6.07, 6.45) is 4.92. The Labute approximate surface area is 122 Å². The molecule has 2 aromatic rings.